The fraction of sp³-hybridized carbons (Fsp3) is 0.375. The first-order valence-corrected chi connectivity index (χ1v) is 7.08. The standard InChI is InChI=1S/C16H18ClNO2/c1-9(2)14-8-11(4-7-15(19)20)12-5-6-13(17)10(3)16(12)18-14/h5-6,8-9H,4,7H2,1-3H3,(H,19,20). The molecule has 0 aliphatic rings. The highest BCUT2D eigenvalue weighted by molar-refractivity contribution is 6.32. The second-order valence-electron chi connectivity index (χ2n) is 5.32. The number of carbonyl (C=O) groups is 1. The van der Waals surface area contributed by atoms with Crippen LogP contribution >= 0.6 is 11.6 Å². The lowest BCUT2D eigenvalue weighted by Crippen LogP contribution is -2.02. The highest BCUT2D eigenvalue weighted by atomic mass is 35.5. The highest BCUT2D eigenvalue weighted by Crippen LogP contribution is 2.29. The van der Waals surface area contributed by atoms with Gasteiger partial charge in [-0.25, -0.2) is 0 Å². The summed E-state index contributed by atoms with van der Waals surface area (Å²) < 4.78 is 0. The molecule has 20 heavy (non-hydrogen) atoms. The number of aromatic nitrogens is 1. The van der Waals surface area contributed by atoms with Crippen molar-refractivity contribution in [3.8, 4) is 0 Å². The number of benzene rings is 1. The van der Waals surface area contributed by atoms with Gasteiger partial charge >= 0.3 is 5.97 Å². The van der Waals surface area contributed by atoms with Crippen LogP contribution < -0.4 is 0 Å². The van der Waals surface area contributed by atoms with Crippen molar-refractivity contribution >= 4 is 28.5 Å². The van der Waals surface area contributed by atoms with Crippen molar-refractivity contribution in [2.45, 2.75) is 39.5 Å². The summed E-state index contributed by atoms with van der Waals surface area (Å²) in [5, 5.41) is 10.6. The molecular formula is C16H18ClNO2. The lowest BCUT2D eigenvalue weighted by atomic mass is 9.98. The molecular weight excluding hydrogens is 274 g/mol. The first-order chi connectivity index (χ1) is 9.40. The van der Waals surface area contributed by atoms with Gasteiger partial charge in [-0.3, -0.25) is 9.78 Å². The van der Waals surface area contributed by atoms with Crippen LogP contribution in [0.2, 0.25) is 5.02 Å². The molecule has 2 rings (SSSR count). The maximum Gasteiger partial charge on any atom is 0.303 e. The first-order valence-electron chi connectivity index (χ1n) is 6.70. The van der Waals surface area contributed by atoms with E-state index in [2.05, 4.69) is 13.8 Å². The summed E-state index contributed by atoms with van der Waals surface area (Å²) in [4.78, 5) is 15.5. The summed E-state index contributed by atoms with van der Waals surface area (Å²) in [6.07, 6.45) is 0.632. The minimum absolute atomic E-state index is 0.123. The third kappa shape index (κ3) is 2.93. The Morgan fingerprint density at radius 1 is 1.40 bits per heavy atom. The van der Waals surface area contributed by atoms with E-state index < -0.39 is 5.97 Å². The maximum atomic E-state index is 10.8. The number of hydrogen-bond acceptors (Lipinski definition) is 2. The Morgan fingerprint density at radius 3 is 2.70 bits per heavy atom. The Bertz CT molecular complexity index is 665. The van der Waals surface area contributed by atoms with Gasteiger partial charge in [0.05, 0.1) is 5.52 Å². The molecule has 106 valence electrons. The Balaban J connectivity index is 2.64. The Morgan fingerprint density at radius 2 is 2.10 bits per heavy atom. The summed E-state index contributed by atoms with van der Waals surface area (Å²) in [5.74, 6) is -0.492. The van der Waals surface area contributed by atoms with Crippen molar-refractivity contribution in [2.75, 3.05) is 0 Å². The molecule has 0 atom stereocenters. The molecule has 3 nitrogen and oxygen atoms in total. The molecule has 1 aromatic carbocycles. The number of pyridine rings is 1. The summed E-state index contributed by atoms with van der Waals surface area (Å²) >= 11 is 6.17. The van der Waals surface area contributed by atoms with Crippen molar-refractivity contribution in [3.05, 3.63) is 40.0 Å². The fourth-order valence-electron chi connectivity index (χ4n) is 2.24. The number of carboxylic acids is 1. The first kappa shape index (κ1) is 14.8. The second-order valence-corrected chi connectivity index (χ2v) is 5.73. The Hall–Kier alpha value is -1.61. The topological polar surface area (TPSA) is 50.2 Å². The predicted molar refractivity (Wildman–Crippen MR) is 81.5 cm³/mol. The van der Waals surface area contributed by atoms with E-state index in [1.165, 1.54) is 0 Å². The van der Waals surface area contributed by atoms with Gasteiger partial charge in [0.1, 0.15) is 0 Å². The quantitative estimate of drug-likeness (QED) is 0.912. The molecule has 1 N–H and O–H groups in total. The van der Waals surface area contributed by atoms with Gasteiger partial charge in [0, 0.05) is 22.5 Å². The smallest absolute Gasteiger partial charge is 0.303 e. The highest BCUT2D eigenvalue weighted by Gasteiger charge is 2.12. The van der Waals surface area contributed by atoms with Gasteiger partial charge in [-0.2, -0.15) is 0 Å². The van der Waals surface area contributed by atoms with Crippen LogP contribution in [0.3, 0.4) is 0 Å². The van der Waals surface area contributed by atoms with Gasteiger partial charge in [-0.05, 0) is 42.5 Å². The average Bonchev–Trinajstić information content (AvgIpc) is 2.40. The monoisotopic (exact) mass is 291 g/mol. The molecule has 0 fully saturated rings. The molecule has 0 saturated heterocycles. The minimum atomic E-state index is -0.785. The molecule has 0 spiro atoms. The minimum Gasteiger partial charge on any atom is -0.481 e. The van der Waals surface area contributed by atoms with Gasteiger partial charge in [0.15, 0.2) is 0 Å². The van der Waals surface area contributed by atoms with Crippen LogP contribution in [0.5, 0.6) is 0 Å². The summed E-state index contributed by atoms with van der Waals surface area (Å²) in [7, 11) is 0. The molecule has 1 aromatic heterocycles. The molecule has 0 radical (unpaired) electrons. The molecule has 0 amide bonds. The average molecular weight is 292 g/mol. The van der Waals surface area contributed by atoms with Crippen molar-refractivity contribution in [2.24, 2.45) is 0 Å². The summed E-state index contributed by atoms with van der Waals surface area (Å²) in [5.41, 5.74) is 3.83. The second kappa shape index (κ2) is 5.80. The van der Waals surface area contributed by atoms with Crippen LogP contribution in [0.25, 0.3) is 10.9 Å². The van der Waals surface area contributed by atoms with Gasteiger partial charge in [0.25, 0.3) is 0 Å². The van der Waals surface area contributed by atoms with Crippen molar-refractivity contribution in [3.63, 3.8) is 0 Å². The lowest BCUT2D eigenvalue weighted by molar-refractivity contribution is -0.136. The van der Waals surface area contributed by atoms with Crippen LogP contribution in [0.15, 0.2) is 18.2 Å². The van der Waals surface area contributed by atoms with E-state index in [9.17, 15) is 4.79 Å². The third-order valence-corrected chi connectivity index (χ3v) is 3.88. The van der Waals surface area contributed by atoms with E-state index in [1.54, 1.807) is 0 Å². The lowest BCUT2D eigenvalue weighted by Gasteiger charge is -2.13. The molecule has 4 heteroatoms. The largest absolute Gasteiger partial charge is 0.481 e. The number of hydrogen-bond donors (Lipinski definition) is 1. The maximum absolute atomic E-state index is 10.8. The van der Waals surface area contributed by atoms with E-state index in [1.807, 2.05) is 25.1 Å². The third-order valence-electron chi connectivity index (χ3n) is 3.47. The van der Waals surface area contributed by atoms with Crippen molar-refractivity contribution < 1.29 is 9.90 Å². The van der Waals surface area contributed by atoms with Crippen molar-refractivity contribution in [1.29, 1.82) is 0 Å². The number of fused-ring (bicyclic) bond motifs is 1. The number of nitrogens with zero attached hydrogens (tertiary/aromatic N) is 1. The van der Waals surface area contributed by atoms with E-state index in [0.29, 0.717) is 17.4 Å². The molecule has 0 saturated carbocycles. The zero-order chi connectivity index (χ0) is 14.9. The van der Waals surface area contributed by atoms with Crippen LogP contribution in [0, 0.1) is 6.92 Å². The normalized spacial score (nSPS) is 11.2. The van der Waals surface area contributed by atoms with Crippen molar-refractivity contribution in [1.82, 2.24) is 4.98 Å². The zero-order valence-corrected chi connectivity index (χ0v) is 12.7. The molecule has 0 aliphatic carbocycles. The molecule has 2 aromatic rings. The summed E-state index contributed by atoms with van der Waals surface area (Å²) in [6.45, 7) is 6.10. The predicted octanol–water partition coefficient (Wildman–Crippen LogP) is 4.34. The van der Waals surface area contributed by atoms with Crippen LogP contribution in [-0.4, -0.2) is 16.1 Å². The number of aryl methyl sites for hydroxylation is 2. The number of aliphatic carboxylic acids is 1. The van der Waals surface area contributed by atoms with E-state index >= 15 is 0 Å². The summed E-state index contributed by atoms with van der Waals surface area (Å²) in [6, 6.07) is 5.79. The van der Waals surface area contributed by atoms with Crippen LogP contribution in [0.1, 0.15) is 43.0 Å². The number of halogens is 1. The number of rotatable bonds is 4. The van der Waals surface area contributed by atoms with Crippen LogP contribution in [0.4, 0.5) is 0 Å². The molecule has 0 aliphatic heterocycles. The molecule has 1 heterocycles. The van der Waals surface area contributed by atoms with E-state index in [0.717, 1.165) is 27.7 Å². The Kier molecular flexibility index (Phi) is 4.29. The molecule has 0 bridgehead atoms. The number of carboxylic acid groups (broad SMARTS) is 1. The zero-order valence-electron chi connectivity index (χ0n) is 11.9. The fourth-order valence-corrected chi connectivity index (χ4v) is 2.39. The van der Waals surface area contributed by atoms with Gasteiger partial charge in [-0.1, -0.05) is 31.5 Å². The Labute approximate surface area is 123 Å². The van der Waals surface area contributed by atoms with Gasteiger partial charge in [-0.15, -0.1) is 0 Å². The van der Waals surface area contributed by atoms with E-state index in [4.69, 9.17) is 21.7 Å². The molecule has 0 unspecified atom stereocenters. The van der Waals surface area contributed by atoms with Gasteiger partial charge in [0.2, 0.25) is 0 Å². The SMILES string of the molecule is Cc1c(Cl)ccc2c(CCC(=O)O)cc(C(C)C)nc12. The van der Waals surface area contributed by atoms with E-state index in [-0.39, 0.29) is 6.42 Å². The van der Waals surface area contributed by atoms with Gasteiger partial charge < -0.3 is 5.11 Å². The van der Waals surface area contributed by atoms with Crippen LogP contribution in [-0.2, 0) is 11.2 Å².